The molecular formula is C18H21NO3S. The Morgan fingerprint density at radius 2 is 2.17 bits per heavy atom. The van der Waals surface area contributed by atoms with Crippen molar-refractivity contribution in [1.29, 1.82) is 0 Å². The average molecular weight is 331 g/mol. The Labute approximate surface area is 140 Å². The summed E-state index contributed by atoms with van der Waals surface area (Å²) in [5.74, 6) is -0.514. The van der Waals surface area contributed by atoms with Crippen molar-refractivity contribution in [2.24, 2.45) is 0 Å². The zero-order valence-electron chi connectivity index (χ0n) is 13.6. The first-order chi connectivity index (χ1) is 11.0. The average Bonchev–Trinajstić information content (AvgIpc) is 2.99. The second kappa shape index (κ2) is 6.32. The van der Waals surface area contributed by atoms with Crippen molar-refractivity contribution >= 4 is 23.1 Å². The topological polar surface area (TPSA) is 55.4 Å². The van der Waals surface area contributed by atoms with Crippen molar-refractivity contribution < 1.29 is 14.3 Å². The molecule has 1 aliphatic carbocycles. The summed E-state index contributed by atoms with van der Waals surface area (Å²) >= 11 is 1.57. The minimum atomic E-state index is -0.342. The fraction of sp³-hybridized carbons (Fsp3) is 0.444. The molecule has 0 spiro atoms. The number of allylic oxidation sites excluding steroid dienone is 3. The van der Waals surface area contributed by atoms with E-state index >= 15 is 0 Å². The predicted octanol–water partition coefficient (Wildman–Crippen LogP) is 3.67. The molecule has 23 heavy (non-hydrogen) atoms. The van der Waals surface area contributed by atoms with Gasteiger partial charge in [-0.25, -0.2) is 4.79 Å². The number of hydrogen-bond donors (Lipinski definition) is 1. The van der Waals surface area contributed by atoms with Crippen LogP contribution < -0.4 is 5.32 Å². The standard InChI is InChI=1S/C18H21NO3S/c1-10(2)22-18(21)15-11(3)19-13-5-4-6-14(20)17(13)16(15)12-7-8-23-9-12/h7-10,16,19H,4-6H2,1-3H3/t16-/m1/s1. The fourth-order valence-corrected chi connectivity index (χ4v) is 3.99. The molecule has 3 rings (SSSR count). The molecule has 4 nitrogen and oxygen atoms in total. The number of dihydropyridines is 1. The highest BCUT2D eigenvalue weighted by Gasteiger charge is 2.39. The number of Topliss-reactive ketones (excluding diaryl/α,β-unsaturated/α-hetero) is 1. The van der Waals surface area contributed by atoms with Gasteiger partial charge in [0.05, 0.1) is 11.7 Å². The van der Waals surface area contributed by atoms with Crippen molar-refractivity contribution in [3.05, 3.63) is 44.9 Å². The van der Waals surface area contributed by atoms with Crippen LogP contribution >= 0.6 is 11.3 Å². The Kier molecular flexibility index (Phi) is 4.39. The van der Waals surface area contributed by atoms with Crippen molar-refractivity contribution in [3.63, 3.8) is 0 Å². The third kappa shape index (κ3) is 2.98. The van der Waals surface area contributed by atoms with E-state index in [-0.39, 0.29) is 23.8 Å². The van der Waals surface area contributed by atoms with Crippen molar-refractivity contribution in [1.82, 2.24) is 5.32 Å². The molecule has 0 fully saturated rings. The minimum absolute atomic E-state index is 0.136. The number of carbonyl (C=O) groups is 2. The van der Waals surface area contributed by atoms with E-state index in [1.165, 1.54) is 0 Å². The molecule has 1 N–H and O–H groups in total. The molecule has 0 aromatic carbocycles. The third-order valence-electron chi connectivity index (χ3n) is 4.22. The van der Waals surface area contributed by atoms with Crippen LogP contribution in [0.1, 0.15) is 51.5 Å². The molecule has 1 aromatic rings. The molecule has 1 aromatic heterocycles. The molecule has 0 amide bonds. The van der Waals surface area contributed by atoms with Gasteiger partial charge in [0.1, 0.15) is 0 Å². The number of ether oxygens (including phenoxy) is 1. The summed E-state index contributed by atoms with van der Waals surface area (Å²) in [6.45, 7) is 5.55. The molecule has 122 valence electrons. The molecule has 0 saturated carbocycles. The number of carbonyl (C=O) groups excluding carboxylic acids is 2. The van der Waals surface area contributed by atoms with E-state index in [4.69, 9.17) is 4.74 Å². The van der Waals surface area contributed by atoms with Gasteiger partial charge in [-0.05, 0) is 56.0 Å². The molecule has 2 heterocycles. The van der Waals surface area contributed by atoms with Crippen LogP contribution in [0.3, 0.4) is 0 Å². The normalized spacial score (nSPS) is 21.4. The van der Waals surface area contributed by atoms with Gasteiger partial charge in [0, 0.05) is 29.3 Å². The first kappa shape index (κ1) is 16.0. The molecule has 0 bridgehead atoms. The maximum absolute atomic E-state index is 12.7. The van der Waals surface area contributed by atoms with E-state index in [0.29, 0.717) is 12.0 Å². The van der Waals surface area contributed by atoms with E-state index < -0.39 is 0 Å². The van der Waals surface area contributed by atoms with Crippen molar-refractivity contribution in [3.8, 4) is 0 Å². The summed E-state index contributed by atoms with van der Waals surface area (Å²) in [5.41, 5.74) is 4.06. The zero-order valence-corrected chi connectivity index (χ0v) is 14.5. The highest BCUT2D eigenvalue weighted by atomic mass is 32.1. The molecule has 0 unspecified atom stereocenters. The lowest BCUT2D eigenvalue weighted by Gasteiger charge is -2.33. The Morgan fingerprint density at radius 3 is 2.83 bits per heavy atom. The Hall–Kier alpha value is -1.88. The molecule has 0 saturated heterocycles. The van der Waals surface area contributed by atoms with E-state index in [2.05, 4.69) is 5.32 Å². The Balaban J connectivity index is 2.10. The SMILES string of the molecule is CC1=C(C(=O)OC(C)C)[C@@H](c2ccsc2)C2=C(CCCC2=O)N1. The number of ketones is 1. The lowest BCUT2D eigenvalue weighted by molar-refractivity contribution is -0.143. The van der Waals surface area contributed by atoms with Crippen LogP contribution in [0.2, 0.25) is 0 Å². The van der Waals surface area contributed by atoms with Gasteiger partial charge in [0.2, 0.25) is 0 Å². The second-order valence-corrected chi connectivity index (χ2v) is 7.06. The molecule has 2 aliphatic rings. The third-order valence-corrected chi connectivity index (χ3v) is 4.92. The zero-order chi connectivity index (χ0) is 16.6. The molecule has 5 heteroatoms. The van der Waals surface area contributed by atoms with Crippen LogP contribution in [0.5, 0.6) is 0 Å². The van der Waals surface area contributed by atoms with Crippen molar-refractivity contribution in [2.75, 3.05) is 0 Å². The van der Waals surface area contributed by atoms with Gasteiger partial charge < -0.3 is 10.1 Å². The van der Waals surface area contributed by atoms with Gasteiger partial charge in [0.15, 0.2) is 5.78 Å². The summed E-state index contributed by atoms with van der Waals surface area (Å²) in [6, 6.07) is 1.99. The molecule has 0 radical (unpaired) electrons. The number of rotatable bonds is 3. The van der Waals surface area contributed by atoms with Gasteiger partial charge >= 0.3 is 5.97 Å². The van der Waals surface area contributed by atoms with Crippen LogP contribution in [-0.4, -0.2) is 17.9 Å². The first-order valence-electron chi connectivity index (χ1n) is 7.96. The Bertz CT molecular complexity index is 698. The van der Waals surface area contributed by atoms with Gasteiger partial charge in [-0.1, -0.05) is 0 Å². The van der Waals surface area contributed by atoms with E-state index in [9.17, 15) is 9.59 Å². The summed E-state index contributed by atoms with van der Waals surface area (Å²) in [7, 11) is 0. The minimum Gasteiger partial charge on any atom is -0.460 e. The van der Waals surface area contributed by atoms with Gasteiger partial charge in [-0.15, -0.1) is 0 Å². The highest BCUT2D eigenvalue weighted by molar-refractivity contribution is 7.08. The lowest BCUT2D eigenvalue weighted by Crippen LogP contribution is -2.34. The van der Waals surface area contributed by atoms with Gasteiger partial charge in [0.25, 0.3) is 0 Å². The van der Waals surface area contributed by atoms with Crippen molar-refractivity contribution in [2.45, 2.75) is 52.1 Å². The molecular weight excluding hydrogens is 310 g/mol. The molecule has 1 aliphatic heterocycles. The van der Waals surface area contributed by atoms with Crippen LogP contribution in [-0.2, 0) is 14.3 Å². The smallest absolute Gasteiger partial charge is 0.337 e. The van der Waals surface area contributed by atoms with E-state index in [1.54, 1.807) is 11.3 Å². The van der Waals surface area contributed by atoms with Crippen LogP contribution in [0.15, 0.2) is 39.4 Å². The summed E-state index contributed by atoms with van der Waals surface area (Å²) in [4.78, 5) is 25.2. The fourth-order valence-electron chi connectivity index (χ4n) is 3.30. The Morgan fingerprint density at radius 1 is 1.39 bits per heavy atom. The maximum Gasteiger partial charge on any atom is 0.337 e. The van der Waals surface area contributed by atoms with E-state index in [0.717, 1.165) is 35.4 Å². The van der Waals surface area contributed by atoms with Crippen LogP contribution in [0, 0.1) is 0 Å². The van der Waals surface area contributed by atoms with Gasteiger partial charge in [-0.3, -0.25) is 4.79 Å². The largest absolute Gasteiger partial charge is 0.460 e. The predicted molar refractivity (Wildman–Crippen MR) is 90.0 cm³/mol. The summed E-state index contributed by atoms with van der Waals surface area (Å²) in [6.07, 6.45) is 2.07. The summed E-state index contributed by atoms with van der Waals surface area (Å²) in [5, 5.41) is 7.28. The maximum atomic E-state index is 12.7. The first-order valence-corrected chi connectivity index (χ1v) is 8.90. The quantitative estimate of drug-likeness (QED) is 0.859. The van der Waals surface area contributed by atoms with Crippen LogP contribution in [0.25, 0.3) is 0 Å². The highest BCUT2D eigenvalue weighted by Crippen LogP contribution is 2.43. The number of nitrogens with one attached hydrogen (secondary N) is 1. The number of hydrogen-bond acceptors (Lipinski definition) is 5. The van der Waals surface area contributed by atoms with E-state index in [1.807, 2.05) is 37.6 Å². The number of esters is 1. The monoisotopic (exact) mass is 331 g/mol. The molecule has 1 atom stereocenters. The van der Waals surface area contributed by atoms with Crippen LogP contribution in [0.4, 0.5) is 0 Å². The second-order valence-electron chi connectivity index (χ2n) is 6.28. The lowest BCUT2D eigenvalue weighted by atomic mass is 9.76. The number of thiophene rings is 1. The van der Waals surface area contributed by atoms with Gasteiger partial charge in [-0.2, -0.15) is 11.3 Å². The summed E-state index contributed by atoms with van der Waals surface area (Å²) < 4.78 is 5.44.